The van der Waals surface area contributed by atoms with E-state index in [2.05, 4.69) is 5.32 Å². The van der Waals surface area contributed by atoms with E-state index in [9.17, 15) is 19.1 Å². The summed E-state index contributed by atoms with van der Waals surface area (Å²) in [5.41, 5.74) is -0.0896. The summed E-state index contributed by atoms with van der Waals surface area (Å²) in [6, 6.07) is 4.11. The van der Waals surface area contributed by atoms with E-state index < -0.39 is 29.5 Å². The van der Waals surface area contributed by atoms with Crippen LogP contribution < -0.4 is 5.32 Å². The van der Waals surface area contributed by atoms with E-state index in [1.54, 1.807) is 0 Å². The first-order valence-electron chi connectivity index (χ1n) is 6.91. The van der Waals surface area contributed by atoms with Gasteiger partial charge < -0.3 is 10.4 Å². The Morgan fingerprint density at radius 2 is 2.05 bits per heavy atom. The minimum atomic E-state index is -0.981. The highest BCUT2D eigenvalue weighted by atomic mass is 35.5. The van der Waals surface area contributed by atoms with Gasteiger partial charge in [-0.25, -0.2) is 4.39 Å². The molecule has 1 saturated carbocycles. The van der Waals surface area contributed by atoms with Crippen LogP contribution in [0.4, 0.5) is 10.1 Å². The Kier molecular flexibility index (Phi) is 4.83. The monoisotopic (exact) mass is 313 g/mol. The lowest BCUT2D eigenvalue weighted by atomic mass is 9.95. The molecule has 1 amide bonds. The summed E-state index contributed by atoms with van der Waals surface area (Å²) >= 11 is 5.86. The van der Waals surface area contributed by atoms with Crippen LogP contribution in [0.1, 0.15) is 26.2 Å². The second kappa shape index (κ2) is 6.43. The van der Waals surface area contributed by atoms with Crippen LogP contribution in [0, 0.1) is 23.6 Å². The Morgan fingerprint density at radius 3 is 2.62 bits per heavy atom. The first kappa shape index (κ1) is 15.8. The summed E-state index contributed by atoms with van der Waals surface area (Å²) in [5.74, 6) is -3.26. The van der Waals surface area contributed by atoms with Crippen LogP contribution in [-0.2, 0) is 9.59 Å². The minimum Gasteiger partial charge on any atom is -0.481 e. The van der Waals surface area contributed by atoms with Crippen LogP contribution >= 0.6 is 11.6 Å². The molecule has 1 unspecified atom stereocenters. The molecular weight excluding hydrogens is 297 g/mol. The van der Waals surface area contributed by atoms with Gasteiger partial charge in [-0.1, -0.05) is 31.0 Å². The number of hydrogen-bond donors (Lipinski definition) is 2. The number of hydrogen-bond acceptors (Lipinski definition) is 2. The van der Waals surface area contributed by atoms with E-state index in [0.717, 1.165) is 6.42 Å². The number of halogens is 2. The number of carboxylic acid groups (broad SMARTS) is 1. The summed E-state index contributed by atoms with van der Waals surface area (Å²) in [6.45, 7) is 1.97. The highest BCUT2D eigenvalue weighted by Gasteiger charge is 2.42. The van der Waals surface area contributed by atoms with E-state index in [4.69, 9.17) is 11.6 Å². The molecule has 1 aromatic rings. The molecule has 3 atom stereocenters. The SMILES string of the molecule is CCC1C[C@H](C(=O)Nc2c(F)cccc2Cl)[C@H](C(=O)O)C1. The normalized spacial score (nSPS) is 24.8. The van der Waals surface area contributed by atoms with Crippen LogP contribution in [0.15, 0.2) is 18.2 Å². The molecule has 2 rings (SSSR count). The maximum Gasteiger partial charge on any atom is 0.307 e. The van der Waals surface area contributed by atoms with Crippen LogP contribution in [0.25, 0.3) is 0 Å². The Labute approximate surface area is 127 Å². The van der Waals surface area contributed by atoms with Gasteiger partial charge in [-0.2, -0.15) is 0 Å². The fourth-order valence-corrected chi connectivity index (χ4v) is 3.08. The average molecular weight is 314 g/mol. The van der Waals surface area contributed by atoms with Crippen molar-refractivity contribution in [2.45, 2.75) is 26.2 Å². The third kappa shape index (κ3) is 3.35. The third-order valence-corrected chi connectivity index (χ3v) is 4.42. The number of amides is 1. The molecule has 0 aliphatic heterocycles. The van der Waals surface area contributed by atoms with Crippen LogP contribution in [0.3, 0.4) is 0 Å². The first-order chi connectivity index (χ1) is 9.93. The van der Waals surface area contributed by atoms with Crippen molar-refractivity contribution < 1.29 is 19.1 Å². The number of benzene rings is 1. The molecule has 0 bridgehead atoms. The highest BCUT2D eigenvalue weighted by molar-refractivity contribution is 6.33. The Bertz CT molecular complexity index is 544. The molecule has 4 nitrogen and oxygen atoms in total. The van der Waals surface area contributed by atoms with Gasteiger partial charge in [0.2, 0.25) is 5.91 Å². The topological polar surface area (TPSA) is 66.4 Å². The maximum atomic E-state index is 13.7. The van der Waals surface area contributed by atoms with Crippen molar-refractivity contribution in [2.75, 3.05) is 5.32 Å². The fourth-order valence-electron chi connectivity index (χ4n) is 2.87. The number of aliphatic carboxylic acids is 1. The number of rotatable bonds is 4. The predicted molar refractivity (Wildman–Crippen MR) is 77.7 cm³/mol. The summed E-state index contributed by atoms with van der Waals surface area (Å²) in [4.78, 5) is 23.6. The van der Waals surface area contributed by atoms with Crippen molar-refractivity contribution in [3.05, 3.63) is 29.0 Å². The average Bonchev–Trinajstić information content (AvgIpc) is 2.87. The van der Waals surface area contributed by atoms with Crippen LogP contribution in [0.5, 0.6) is 0 Å². The summed E-state index contributed by atoms with van der Waals surface area (Å²) in [5, 5.41) is 11.8. The molecule has 2 N–H and O–H groups in total. The van der Waals surface area contributed by atoms with Gasteiger partial charge in [-0.3, -0.25) is 9.59 Å². The van der Waals surface area contributed by atoms with Crippen molar-refractivity contribution in [3.8, 4) is 0 Å². The largest absolute Gasteiger partial charge is 0.481 e. The van der Waals surface area contributed by atoms with Crippen molar-refractivity contribution in [3.63, 3.8) is 0 Å². The Morgan fingerprint density at radius 1 is 1.38 bits per heavy atom. The summed E-state index contributed by atoms with van der Waals surface area (Å²) in [6.07, 6.45) is 1.81. The van der Waals surface area contributed by atoms with Crippen LogP contribution in [-0.4, -0.2) is 17.0 Å². The molecule has 1 aliphatic rings. The van der Waals surface area contributed by atoms with Gasteiger partial charge in [0, 0.05) is 0 Å². The molecule has 0 radical (unpaired) electrons. The molecule has 1 aliphatic carbocycles. The number of carboxylic acids is 1. The van der Waals surface area contributed by atoms with E-state index >= 15 is 0 Å². The third-order valence-electron chi connectivity index (χ3n) is 4.10. The Hall–Kier alpha value is -1.62. The molecule has 21 heavy (non-hydrogen) atoms. The Balaban J connectivity index is 2.17. The molecule has 0 aromatic heterocycles. The van der Waals surface area contributed by atoms with Gasteiger partial charge in [0.25, 0.3) is 0 Å². The maximum absolute atomic E-state index is 13.7. The van der Waals surface area contributed by atoms with Gasteiger partial charge >= 0.3 is 5.97 Å². The number of carbonyl (C=O) groups excluding carboxylic acids is 1. The first-order valence-corrected chi connectivity index (χ1v) is 7.29. The summed E-state index contributed by atoms with van der Waals surface area (Å²) in [7, 11) is 0. The molecule has 6 heteroatoms. The zero-order valence-corrected chi connectivity index (χ0v) is 12.4. The van der Waals surface area contributed by atoms with Crippen molar-refractivity contribution in [2.24, 2.45) is 17.8 Å². The van der Waals surface area contributed by atoms with E-state index in [1.807, 2.05) is 6.92 Å². The molecular formula is C15H17ClFNO3. The van der Waals surface area contributed by atoms with Crippen molar-refractivity contribution in [1.29, 1.82) is 0 Å². The lowest BCUT2D eigenvalue weighted by molar-refractivity contribution is -0.145. The quantitative estimate of drug-likeness (QED) is 0.893. The number of para-hydroxylation sites is 1. The standard InChI is InChI=1S/C15H17ClFNO3/c1-2-8-6-9(10(7-8)15(20)21)14(19)18-13-11(16)4-3-5-12(13)17/h3-5,8-10H,2,6-7H2,1H3,(H,18,19)(H,20,21)/t8?,9-,10+/m0/s1. The molecule has 0 spiro atoms. The number of anilines is 1. The lowest BCUT2D eigenvalue weighted by Gasteiger charge is -2.16. The number of nitrogens with one attached hydrogen (secondary N) is 1. The molecule has 0 heterocycles. The highest BCUT2D eigenvalue weighted by Crippen LogP contribution is 2.39. The second-order valence-electron chi connectivity index (χ2n) is 5.38. The molecule has 1 fully saturated rings. The van der Waals surface area contributed by atoms with E-state index in [1.165, 1.54) is 18.2 Å². The van der Waals surface area contributed by atoms with E-state index in [0.29, 0.717) is 12.8 Å². The zero-order valence-electron chi connectivity index (χ0n) is 11.6. The van der Waals surface area contributed by atoms with Gasteiger partial charge in [0.05, 0.1) is 22.5 Å². The fraction of sp³-hybridized carbons (Fsp3) is 0.467. The van der Waals surface area contributed by atoms with E-state index in [-0.39, 0.29) is 16.6 Å². The lowest BCUT2D eigenvalue weighted by Crippen LogP contribution is -2.30. The smallest absolute Gasteiger partial charge is 0.307 e. The van der Waals surface area contributed by atoms with Crippen molar-refractivity contribution >= 4 is 29.2 Å². The zero-order chi connectivity index (χ0) is 15.6. The molecule has 1 aromatic carbocycles. The number of carbonyl (C=O) groups is 2. The molecule has 0 saturated heterocycles. The van der Waals surface area contributed by atoms with Crippen LogP contribution in [0.2, 0.25) is 5.02 Å². The van der Waals surface area contributed by atoms with Gasteiger partial charge in [0.1, 0.15) is 5.82 Å². The molecule has 114 valence electrons. The van der Waals surface area contributed by atoms with Gasteiger partial charge in [-0.15, -0.1) is 0 Å². The second-order valence-corrected chi connectivity index (χ2v) is 5.79. The van der Waals surface area contributed by atoms with Crippen molar-refractivity contribution in [1.82, 2.24) is 0 Å². The van der Waals surface area contributed by atoms with Gasteiger partial charge in [0.15, 0.2) is 0 Å². The minimum absolute atomic E-state index is 0.0896. The summed E-state index contributed by atoms with van der Waals surface area (Å²) < 4.78 is 13.7. The predicted octanol–water partition coefficient (Wildman–Crippen LogP) is 3.55. The van der Waals surface area contributed by atoms with Gasteiger partial charge in [-0.05, 0) is 30.9 Å².